The van der Waals surface area contributed by atoms with Crippen LogP contribution >= 0.6 is 23.4 Å². The highest BCUT2D eigenvalue weighted by molar-refractivity contribution is 7.99. The number of carbonyl (C=O) groups is 1. The van der Waals surface area contributed by atoms with Crippen molar-refractivity contribution in [3.8, 4) is 0 Å². The molecular weight excluding hydrogens is 264 g/mol. The SMILES string of the molecule is Cc1coc(Sc2ncc(C(=O)O)cc2Cl)n1. The van der Waals surface area contributed by atoms with Crippen molar-refractivity contribution in [2.24, 2.45) is 0 Å². The summed E-state index contributed by atoms with van der Waals surface area (Å²) < 4.78 is 5.14. The monoisotopic (exact) mass is 270 g/mol. The van der Waals surface area contributed by atoms with Gasteiger partial charge in [-0.3, -0.25) is 0 Å². The number of aromatic carboxylic acids is 1. The van der Waals surface area contributed by atoms with Gasteiger partial charge in [-0.15, -0.1) is 0 Å². The van der Waals surface area contributed by atoms with Gasteiger partial charge in [0.05, 0.1) is 16.3 Å². The normalized spacial score (nSPS) is 10.5. The number of hydrogen-bond acceptors (Lipinski definition) is 5. The van der Waals surface area contributed by atoms with Gasteiger partial charge in [0.1, 0.15) is 11.3 Å². The highest BCUT2D eigenvalue weighted by atomic mass is 35.5. The van der Waals surface area contributed by atoms with Gasteiger partial charge < -0.3 is 9.52 Å². The van der Waals surface area contributed by atoms with E-state index in [0.717, 1.165) is 17.5 Å². The molecule has 17 heavy (non-hydrogen) atoms. The molecule has 0 aliphatic carbocycles. The number of hydrogen-bond donors (Lipinski definition) is 1. The predicted molar refractivity (Wildman–Crippen MR) is 61.6 cm³/mol. The molecule has 2 rings (SSSR count). The van der Waals surface area contributed by atoms with Crippen LogP contribution in [0.3, 0.4) is 0 Å². The summed E-state index contributed by atoms with van der Waals surface area (Å²) >= 11 is 7.06. The summed E-state index contributed by atoms with van der Waals surface area (Å²) in [6.07, 6.45) is 2.76. The Morgan fingerprint density at radius 3 is 2.88 bits per heavy atom. The van der Waals surface area contributed by atoms with E-state index >= 15 is 0 Å². The van der Waals surface area contributed by atoms with E-state index in [-0.39, 0.29) is 10.6 Å². The number of nitrogens with zero attached hydrogens (tertiary/aromatic N) is 2. The molecule has 7 heteroatoms. The van der Waals surface area contributed by atoms with Crippen LogP contribution in [0.5, 0.6) is 0 Å². The molecule has 0 radical (unpaired) electrons. The van der Waals surface area contributed by atoms with E-state index < -0.39 is 5.97 Å². The van der Waals surface area contributed by atoms with Crippen LogP contribution in [0.4, 0.5) is 0 Å². The Bertz CT molecular complexity index is 570. The number of oxazole rings is 1. The molecule has 0 aromatic carbocycles. The van der Waals surface area contributed by atoms with Crippen molar-refractivity contribution in [3.05, 3.63) is 34.8 Å². The molecule has 0 saturated heterocycles. The predicted octanol–water partition coefficient (Wildman–Crippen LogP) is 2.88. The summed E-state index contributed by atoms with van der Waals surface area (Å²) in [4.78, 5) is 18.7. The van der Waals surface area contributed by atoms with Crippen LogP contribution in [0, 0.1) is 6.92 Å². The second-order valence-electron chi connectivity index (χ2n) is 3.17. The lowest BCUT2D eigenvalue weighted by molar-refractivity contribution is 0.0696. The van der Waals surface area contributed by atoms with Crippen LogP contribution in [0.15, 0.2) is 33.2 Å². The molecule has 0 aliphatic rings. The summed E-state index contributed by atoms with van der Waals surface area (Å²) in [6.45, 7) is 1.80. The van der Waals surface area contributed by atoms with Crippen LogP contribution in [-0.4, -0.2) is 21.0 Å². The number of pyridine rings is 1. The van der Waals surface area contributed by atoms with E-state index in [9.17, 15) is 4.79 Å². The van der Waals surface area contributed by atoms with Gasteiger partial charge in [-0.25, -0.2) is 14.8 Å². The molecule has 2 heterocycles. The summed E-state index contributed by atoms with van der Waals surface area (Å²) in [5.74, 6) is -1.07. The Morgan fingerprint density at radius 1 is 1.59 bits per heavy atom. The van der Waals surface area contributed by atoms with E-state index in [0.29, 0.717) is 10.2 Å². The lowest BCUT2D eigenvalue weighted by Crippen LogP contribution is -1.97. The number of carboxylic acids is 1. The molecule has 0 atom stereocenters. The third-order valence-electron chi connectivity index (χ3n) is 1.84. The largest absolute Gasteiger partial charge is 0.478 e. The second-order valence-corrected chi connectivity index (χ2v) is 4.52. The van der Waals surface area contributed by atoms with Gasteiger partial charge in [0.15, 0.2) is 0 Å². The molecule has 2 aromatic heterocycles. The van der Waals surface area contributed by atoms with E-state index in [1.54, 1.807) is 6.92 Å². The summed E-state index contributed by atoms with van der Waals surface area (Å²) in [5.41, 5.74) is 0.800. The minimum Gasteiger partial charge on any atom is -0.478 e. The lowest BCUT2D eigenvalue weighted by Gasteiger charge is -2.00. The Morgan fingerprint density at radius 2 is 2.35 bits per heavy atom. The van der Waals surface area contributed by atoms with E-state index in [2.05, 4.69) is 9.97 Å². The molecule has 0 saturated carbocycles. The summed E-state index contributed by atoms with van der Waals surface area (Å²) in [6, 6.07) is 1.34. The van der Waals surface area contributed by atoms with Crippen molar-refractivity contribution < 1.29 is 14.3 Å². The average molecular weight is 271 g/mol. The standard InChI is InChI=1S/C10H7ClN2O3S/c1-5-4-16-10(13-5)17-8-7(11)2-6(3-12-8)9(14)15/h2-4H,1H3,(H,14,15). The number of carboxylic acid groups (broad SMARTS) is 1. The van der Waals surface area contributed by atoms with Crippen LogP contribution < -0.4 is 0 Å². The third-order valence-corrected chi connectivity index (χ3v) is 3.12. The molecule has 0 bridgehead atoms. The van der Waals surface area contributed by atoms with Crippen LogP contribution in [-0.2, 0) is 0 Å². The van der Waals surface area contributed by atoms with E-state index in [1.807, 2.05) is 0 Å². The maximum atomic E-state index is 10.7. The zero-order chi connectivity index (χ0) is 12.4. The fourth-order valence-corrected chi connectivity index (χ4v) is 2.07. The van der Waals surface area contributed by atoms with Crippen LogP contribution in [0.2, 0.25) is 5.02 Å². The Kier molecular flexibility index (Phi) is 3.35. The first-order valence-corrected chi connectivity index (χ1v) is 5.74. The Balaban J connectivity index is 2.25. The summed E-state index contributed by atoms with van der Waals surface area (Å²) in [7, 11) is 0. The minimum atomic E-state index is -1.07. The third kappa shape index (κ3) is 2.78. The molecule has 88 valence electrons. The van der Waals surface area contributed by atoms with E-state index in [1.165, 1.54) is 18.5 Å². The number of aromatic nitrogens is 2. The van der Waals surface area contributed by atoms with Gasteiger partial charge in [-0.2, -0.15) is 0 Å². The van der Waals surface area contributed by atoms with Gasteiger partial charge in [0, 0.05) is 6.20 Å². The van der Waals surface area contributed by atoms with Gasteiger partial charge in [-0.1, -0.05) is 11.6 Å². The molecule has 1 N–H and O–H groups in total. The first-order chi connectivity index (χ1) is 8.06. The van der Waals surface area contributed by atoms with Crippen LogP contribution in [0.1, 0.15) is 16.1 Å². The molecule has 0 unspecified atom stereocenters. The Labute approximate surface area is 106 Å². The van der Waals surface area contributed by atoms with Crippen molar-refractivity contribution in [3.63, 3.8) is 0 Å². The molecule has 5 nitrogen and oxygen atoms in total. The Hall–Kier alpha value is -1.53. The maximum Gasteiger partial charge on any atom is 0.337 e. The van der Waals surface area contributed by atoms with Gasteiger partial charge in [-0.05, 0) is 24.8 Å². The molecule has 0 aliphatic heterocycles. The van der Waals surface area contributed by atoms with Crippen molar-refractivity contribution in [2.75, 3.05) is 0 Å². The maximum absolute atomic E-state index is 10.7. The molecule has 0 fully saturated rings. The van der Waals surface area contributed by atoms with Crippen molar-refractivity contribution in [1.82, 2.24) is 9.97 Å². The van der Waals surface area contributed by atoms with Gasteiger partial charge in [0.2, 0.25) is 0 Å². The first kappa shape index (κ1) is 11.9. The fourth-order valence-electron chi connectivity index (χ4n) is 1.08. The second kappa shape index (κ2) is 4.77. The zero-order valence-electron chi connectivity index (χ0n) is 8.68. The number of halogens is 1. The highest BCUT2D eigenvalue weighted by Gasteiger charge is 2.12. The van der Waals surface area contributed by atoms with E-state index in [4.69, 9.17) is 21.1 Å². The summed E-state index contributed by atoms with van der Waals surface area (Å²) in [5, 5.41) is 9.89. The highest BCUT2D eigenvalue weighted by Crippen LogP contribution is 2.31. The van der Waals surface area contributed by atoms with Crippen molar-refractivity contribution in [1.29, 1.82) is 0 Å². The van der Waals surface area contributed by atoms with Crippen molar-refractivity contribution >= 4 is 29.3 Å². The first-order valence-electron chi connectivity index (χ1n) is 4.55. The molecule has 0 spiro atoms. The van der Waals surface area contributed by atoms with Crippen molar-refractivity contribution in [2.45, 2.75) is 17.2 Å². The minimum absolute atomic E-state index is 0.0444. The quantitative estimate of drug-likeness (QED) is 0.924. The van der Waals surface area contributed by atoms with Gasteiger partial charge in [0.25, 0.3) is 5.22 Å². The zero-order valence-corrected chi connectivity index (χ0v) is 10.2. The smallest absolute Gasteiger partial charge is 0.337 e. The average Bonchev–Trinajstić information content (AvgIpc) is 2.67. The number of aryl methyl sites for hydroxylation is 1. The van der Waals surface area contributed by atoms with Gasteiger partial charge >= 0.3 is 5.97 Å². The topological polar surface area (TPSA) is 76.2 Å². The van der Waals surface area contributed by atoms with Crippen LogP contribution in [0.25, 0.3) is 0 Å². The number of rotatable bonds is 3. The molecular formula is C10H7ClN2O3S. The fraction of sp³-hybridized carbons (Fsp3) is 0.100. The molecule has 2 aromatic rings. The molecule has 0 amide bonds. The lowest BCUT2D eigenvalue weighted by atomic mass is 10.3.